The average molecular weight is 272 g/mol. The van der Waals surface area contributed by atoms with E-state index in [1.165, 1.54) is 12.1 Å². The number of carbonyl (C=O) groups excluding carboxylic acids is 1. The Labute approximate surface area is 117 Å². The van der Waals surface area contributed by atoms with Gasteiger partial charge in [0.2, 0.25) is 5.91 Å². The number of rotatable bonds is 4. The molecule has 1 aromatic rings. The second-order valence-electron chi connectivity index (χ2n) is 4.92. The zero-order chi connectivity index (χ0) is 14.5. The first-order valence-electron chi connectivity index (χ1n) is 6.62. The van der Waals surface area contributed by atoms with Crippen LogP contribution in [0.2, 0.25) is 0 Å². The van der Waals surface area contributed by atoms with Crippen LogP contribution in [0.4, 0.5) is 0 Å². The van der Waals surface area contributed by atoms with Crippen LogP contribution in [0, 0.1) is 17.2 Å². The summed E-state index contributed by atoms with van der Waals surface area (Å²) in [7, 11) is 0. The third-order valence-electron chi connectivity index (χ3n) is 3.51. The number of carboxylic acid groups (broad SMARTS) is 1. The van der Waals surface area contributed by atoms with Gasteiger partial charge in [-0.05, 0) is 37.0 Å². The van der Waals surface area contributed by atoms with Crippen LogP contribution in [-0.4, -0.2) is 35.0 Å². The van der Waals surface area contributed by atoms with Gasteiger partial charge >= 0.3 is 5.97 Å². The third-order valence-corrected chi connectivity index (χ3v) is 3.51. The molecule has 1 amide bonds. The molecule has 1 fully saturated rings. The Morgan fingerprint density at radius 1 is 1.25 bits per heavy atom. The van der Waals surface area contributed by atoms with Gasteiger partial charge in [-0.1, -0.05) is 12.1 Å². The summed E-state index contributed by atoms with van der Waals surface area (Å²) < 4.78 is 0. The lowest BCUT2D eigenvalue weighted by atomic mass is 9.98. The van der Waals surface area contributed by atoms with Gasteiger partial charge < -0.3 is 10.0 Å². The summed E-state index contributed by atoms with van der Waals surface area (Å²) >= 11 is 0. The molecule has 0 bridgehead atoms. The van der Waals surface area contributed by atoms with Crippen molar-refractivity contribution in [1.82, 2.24) is 4.90 Å². The highest BCUT2D eigenvalue weighted by molar-refractivity contribution is 5.87. The number of hydrogen-bond donors (Lipinski definition) is 1. The molecule has 1 aromatic carbocycles. The SMILES string of the molecule is N#CC(Cc1ccc(C(=O)O)cc1)C(=O)N1CCCC1. The summed E-state index contributed by atoms with van der Waals surface area (Å²) in [4.78, 5) is 24.7. The Morgan fingerprint density at radius 3 is 2.35 bits per heavy atom. The fraction of sp³-hybridized carbons (Fsp3) is 0.400. The predicted molar refractivity (Wildman–Crippen MR) is 72.0 cm³/mol. The maximum absolute atomic E-state index is 12.2. The lowest BCUT2D eigenvalue weighted by Gasteiger charge is -2.18. The van der Waals surface area contributed by atoms with E-state index in [4.69, 9.17) is 10.4 Å². The van der Waals surface area contributed by atoms with E-state index in [0.717, 1.165) is 31.5 Å². The van der Waals surface area contributed by atoms with E-state index in [1.54, 1.807) is 17.0 Å². The average Bonchev–Trinajstić information content (AvgIpc) is 2.98. The molecular formula is C15H16N2O3. The van der Waals surface area contributed by atoms with Gasteiger partial charge in [0, 0.05) is 13.1 Å². The first-order valence-corrected chi connectivity index (χ1v) is 6.62. The molecule has 1 heterocycles. The minimum atomic E-state index is -0.985. The number of nitriles is 1. The molecule has 1 N–H and O–H groups in total. The Hall–Kier alpha value is -2.35. The summed E-state index contributed by atoms with van der Waals surface area (Å²) in [5, 5.41) is 18.0. The molecule has 2 rings (SSSR count). The first-order chi connectivity index (χ1) is 9.61. The van der Waals surface area contributed by atoms with Crippen LogP contribution in [0.1, 0.15) is 28.8 Å². The van der Waals surface area contributed by atoms with Crippen molar-refractivity contribution in [3.63, 3.8) is 0 Å². The van der Waals surface area contributed by atoms with Crippen molar-refractivity contribution < 1.29 is 14.7 Å². The largest absolute Gasteiger partial charge is 0.478 e. The van der Waals surface area contributed by atoms with Crippen molar-refractivity contribution in [3.05, 3.63) is 35.4 Å². The molecule has 0 aromatic heterocycles. The second-order valence-corrected chi connectivity index (χ2v) is 4.92. The highest BCUT2D eigenvalue weighted by Gasteiger charge is 2.26. The summed E-state index contributed by atoms with van der Waals surface area (Å²) in [5.74, 6) is -1.79. The number of benzene rings is 1. The van der Waals surface area contributed by atoms with E-state index in [2.05, 4.69) is 6.07 Å². The fourth-order valence-corrected chi connectivity index (χ4v) is 2.37. The van der Waals surface area contributed by atoms with Gasteiger partial charge in [0.15, 0.2) is 0 Å². The normalized spacial score (nSPS) is 15.7. The van der Waals surface area contributed by atoms with Crippen molar-refractivity contribution in [2.45, 2.75) is 19.3 Å². The molecule has 1 unspecified atom stereocenters. The summed E-state index contributed by atoms with van der Waals surface area (Å²) in [6.07, 6.45) is 2.32. The van der Waals surface area contributed by atoms with E-state index in [9.17, 15) is 9.59 Å². The van der Waals surface area contributed by atoms with Gasteiger partial charge in [0.05, 0.1) is 11.6 Å². The van der Waals surface area contributed by atoms with Crippen molar-refractivity contribution in [1.29, 1.82) is 5.26 Å². The first kappa shape index (κ1) is 14.1. The van der Waals surface area contributed by atoms with Crippen LogP contribution in [-0.2, 0) is 11.2 Å². The number of nitrogens with zero attached hydrogens (tertiary/aromatic N) is 2. The van der Waals surface area contributed by atoms with Gasteiger partial charge in [-0.3, -0.25) is 4.79 Å². The zero-order valence-corrected chi connectivity index (χ0v) is 11.1. The van der Waals surface area contributed by atoms with Crippen molar-refractivity contribution in [3.8, 4) is 6.07 Å². The maximum atomic E-state index is 12.2. The molecule has 5 heteroatoms. The van der Waals surface area contributed by atoms with Gasteiger partial charge in [0.25, 0.3) is 0 Å². The summed E-state index contributed by atoms with van der Waals surface area (Å²) in [6, 6.07) is 8.36. The highest BCUT2D eigenvalue weighted by Crippen LogP contribution is 2.16. The number of aromatic carboxylic acids is 1. The van der Waals surface area contributed by atoms with E-state index in [-0.39, 0.29) is 11.5 Å². The predicted octanol–water partition coefficient (Wildman–Crippen LogP) is 1.69. The molecule has 1 atom stereocenters. The number of likely N-dealkylation sites (tertiary alicyclic amines) is 1. The summed E-state index contributed by atoms with van der Waals surface area (Å²) in [5.41, 5.74) is 1.00. The van der Waals surface area contributed by atoms with Gasteiger partial charge in [-0.2, -0.15) is 5.26 Å². The zero-order valence-electron chi connectivity index (χ0n) is 11.1. The molecule has 0 aliphatic carbocycles. The van der Waals surface area contributed by atoms with Crippen LogP contribution in [0.15, 0.2) is 24.3 Å². The standard InChI is InChI=1S/C15H16N2O3/c16-10-13(14(18)17-7-1-2-8-17)9-11-3-5-12(6-4-11)15(19)20/h3-6,13H,1-2,7-9H2,(H,19,20). The van der Waals surface area contributed by atoms with Gasteiger partial charge in [0.1, 0.15) is 5.92 Å². The van der Waals surface area contributed by atoms with Gasteiger partial charge in [-0.15, -0.1) is 0 Å². The van der Waals surface area contributed by atoms with E-state index in [0.29, 0.717) is 6.42 Å². The molecule has 1 aliphatic heterocycles. The second kappa shape index (κ2) is 6.20. The van der Waals surface area contributed by atoms with E-state index in [1.807, 2.05) is 0 Å². The van der Waals surface area contributed by atoms with Crippen molar-refractivity contribution >= 4 is 11.9 Å². The van der Waals surface area contributed by atoms with E-state index < -0.39 is 11.9 Å². The molecule has 1 aliphatic rings. The molecule has 104 valence electrons. The Kier molecular flexibility index (Phi) is 4.36. The van der Waals surface area contributed by atoms with Crippen LogP contribution in [0.25, 0.3) is 0 Å². The third kappa shape index (κ3) is 3.15. The Morgan fingerprint density at radius 2 is 1.85 bits per heavy atom. The molecule has 1 saturated heterocycles. The summed E-state index contributed by atoms with van der Waals surface area (Å²) in [6.45, 7) is 1.46. The number of amides is 1. The lowest BCUT2D eigenvalue weighted by molar-refractivity contribution is -0.132. The fourth-order valence-electron chi connectivity index (χ4n) is 2.37. The smallest absolute Gasteiger partial charge is 0.335 e. The quantitative estimate of drug-likeness (QED) is 0.904. The highest BCUT2D eigenvalue weighted by atomic mass is 16.4. The number of hydrogen-bond acceptors (Lipinski definition) is 3. The van der Waals surface area contributed by atoms with Crippen LogP contribution in [0.5, 0.6) is 0 Å². The molecular weight excluding hydrogens is 256 g/mol. The van der Waals surface area contributed by atoms with Crippen LogP contribution in [0.3, 0.4) is 0 Å². The molecule has 20 heavy (non-hydrogen) atoms. The Balaban J connectivity index is 2.04. The lowest BCUT2D eigenvalue weighted by Crippen LogP contribution is -2.34. The van der Waals surface area contributed by atoms with Crippen LogP contribution < -0.4 is 0 Å². The number of carbonyl (C=O) groups is 2. The topological polar surface area (TPSA) is 81.4 Å². The molecule has 0 radical (unpaired) electrons. The van der Waals surface area contributed by atoms with Crippen LogP contribution >= 0.6 is 0 Å². The number of carboxylic acids is 1. The molecule has 5 nitrogen and oxygen atoms in total. The minimum Gasteiger partial charge on any atom is -0.478 e. The van der Waals surface area contributed by atoms with Crippen molar-refractivity contribution in [2.24, 2.45) is 5.92 Å². The molecule has 0 spiro atoms. The molecule has 0 saturated carbocycles. The maximum Gasteiger partial charge on any atom is 0.335 e. The van der Waals surface area contributed by atoms with E-state index >= 15 is 0 Å². The minimum absolute atomic E-state index is 0.118. The van der Waals surface area contributed by atoms with Gasteiger partial charge in [-0.25, -0.2) is 4.79 Å². The monoisotopic (exact) mass is 272 g/mol. The Bertz CT molecular complexity index is 539. The van der Waals surface area contributed by atoms with Crippen molar-refractivity contribution in [2.75, 3.05) is 13.1 Å².